The van der Waals surface area contributed by atoms with Gasteiger partial charge in [-0.2, -0.15) is 4.98 Å². The Balaban J connectivity index is 2.43. The van der Waals surface area contributed by atoms with Gasteiger partial charge in [0, 0.05) is 7.11 Å². The largest absolute Gasteiger partial charge is 0.382 e. The molecule has 18 heavy (non-hydrogen) atoms. The summed E-state index contributed by atoms with van der Waals surface area (Å²) in [6.45, 7) is 1.45. The minimum absolute atomic E-state index is 0.0948. The molecule has 8 heteroatoms. The average Bonchev–Trinajstić information content (AvgIpc) is 2.73. The van der Waals surface area contributed by atoms with E-state index in [0.717, 1.165) is 0 Å². The zero-order valence-electron chi connectivity index (χ0n) is 10.4. The summed E-state index contributed by atoms with van der Waals surface area (Å²) in [4.78, 5) is 4.07. The lowest BCUT2D eigenvalue weighted by Crippen LogP contribution is -2.39. The Morgan fingerprint density at radius 1 is 1.50 bits per heavy atom. The highest BCUT2D eigenvalue weighted by atomic mass is 19.3. The number of hydrogen-bond donors (Lipinski definition) is 1. The van der Waals surface area contributed by atoms with E-state index in [-0.39, 0.29) is 19.6 Å². The molecule has 1 aromatic rings. The Hall–Kier alpha value is -1.12. The minimum Gasteiger partial charge on any atom is -0.382 e. The van der Waals surface area contributed by atoms with Gasteiger partial charge in [0.25, 0.3) is 6.43 Å². The lowest BCUT2D eigenvalue weighted by Gasteiger charge is -2.18. The van der Waals surface area contributed by atoms with Crippen LogP contribution in [-0.4, -0.2) is 43.5 Å². The van der Waals surface area contributed by atoms with Crippen LogP contribution in [0.15, 0.2) is 4.52 Å². The Morgan fingerprint density at radius 3 is 2.83 bits per heavy atom. The van der Waals surface area contributed by atoms with E-state index in [1.165, 1.54) is 7.11 Å². The molecule has 0 saturated carbocycles. The van der Waals surface area contributed by atoms with Gasteiger partial charge in [-0.3, -0.25) is 0 Å². The summed E-state index contributed by atoms with van der Waals surface area (Å²) < 4.78 is 38.2. The van der Waals surface area contributed by atoms with Crippen molar-refractivity contribution in [1.82, 2.24) is 10.1 Å². The van der Waals surface area contributed by atoms with Crippen molar-refractivity contribution in [3.8, 4) is 0 Å². The molecule has 0 aliphatic heterocycles. The zero-order chi connectivity index (χ0) is 13.6. The van der Waals surface area contributed by atoms with Crippen LogP contribution in [0.4, 0.5) is 8.78 Å². The molecule has 1 rings (SSSR count). The number of ether oxygens (including phenoxy) is 2. The highest BCUT2D eigenvalue weighted by Crippen LogP contribution is 2.14. The molecule has 1 heterocycles. The van der Waals surface area contributed by atoms with Gasteiger partial charge in [0.2, 0.25) is 5.89 Å². The first-order valence-corrected chi connectivity index (χ1v) is 5.42. The molecule has 0 aliphatic carbocycles. The van der Waals surface area contributed by atoms with Gasteiger partial charge >= 0.3 is 0 Å². The van der Waals surface area contributed by atoms with Gasteiger partial charge in [0.15, 0.2) is 5.82 Å². The molecule has 104 valence electrons. The summed E-state index contributed by atoms with van der Waals surface area (Å²) >= 11 is 0. The lowest BCUT2D eigenvalue weighted by atomic mass is 10.1. The van der Waals surface area contributed by atoms with Crippen LogP contribution >= 0.6 is 0 Å². The van der Waals surface area contributed by atoms with Crippen molar-refractivity contribution in [2.45, 2.75) is 25.3 Å². The van der Waals surface area contributed by atoms with E-state index in [1.54, 1.807) is 6.92 Å². The second kappa shape index (κ2) is 6.72. The predicted molar refractivity (Wildman–Crippen MR) is 58.2 cm³/mol. The molecule has 1 atom stereocenters. The maximum absolute atomic E-state index is 11.8. The third kappa shape index (κ3) is 4.63. The fourth-order valence-corrected chi connectivity index (χ4v) is 1.28. The second-order valence-electron chi connectivity index (χ2n) is 4.08. The van der Waals surface area contributed by atoms with Crippen LogP contribution in [0.2, 0.25) is 0 Å². The van der Waals surface area contributed by atoms with Crippen LogP contribution in [0.5, 0.6) is 0 Å². The molecule has 0 saturated heterocycles. The quantitative estimate of drug-likeness (QED) is 0.697. The van der Waals surface area contributed by atoms with Crippen LogP contribution in [0, 0.1) is 0 Å². The Bertz CT molecular complexity index is 358. The first kappa shape index (κ1) is 14.9. The van der Waals surface area contributed by atoms with Crippen molar-refractivity contribution in [2.75, 3.05) is 26.9 Å². The molecule has 0 spiro atoms. The highest BCUT2D eigenvalue weighted by molar-refractivity contribution is 5.01. The smallest absolute Gasteiger partial charge is 0.261 e. The Morgan fingerprint density at radius 2 is 2.22 bits per heavy atom. The third-order valence-corrected chi connectivity index (χ3v) is 2.13. The number of rotatable bonds is 8. The third-order valence-electron chi connectivity index (χ3n) is 2.13. The van der Waals surface area contributed by atoms with Gasteiger partial charge in [-0.15, -0.1) is 0 Å². The fourth-order valence-electron chi connectivity index (χ4n) is 1.28. The molecule has 0 fully saturated rings. The minimum atomic E-state index is -2.47. The van der Waals surface area contributed by atoms with Gasteiger partial charge in [0.1, 0.15) is 12.1 Å². The molecule has 0 amide bonds. The number of halogens is 2. The van der Waals surface area contributed by atoms with Crippen LogP contribution in [-0.2, 0) is 21.4 Å². The van der Waals surface area contributed by atoms with Crippen LogP contribution in [0.25, 0.3) is 0 Å². The first-order chi connectivity index (χ1) is 8.45. The molecule has 0 bridgehead atoms. The van der Waals surface area contributed by atoms with E-state index >= 15 is 0 Å². The number of methoxy groups -OCH3 is 1. The molecule has 2 N–H and O–H groups in total. The molecule has 6 nitrogen and oxygen atoms in total. The standard InChI is InChI=1S/C10H17F2N3O3/c1-10(13,6-16-2)9-14-8(18-15-9)3-4-17-5-7(11)12/h7H,3-6,13H2,1-2H3. The van der Waals surface area contributed by atoms with Crippen LogP contribution in [0.3, 0.4) is 0 Å². The van der Waals surface area contributed by atoms with Gasteiger partial charge in [-0.1, -0.05) is 5.16 Å². The van der Waals surface area contributed by atoms with Gasteiger partial charge in [0.05, 0.1) is 19.6 Å². The van der Waals surface area contributed by atoms with Crippen molar-refractivity contribution >= 4 is 0 Å². The number of aromatic nitrogens is 2. The molecule has 1 aromatic heterocycles. The molecular weight excluding hydrogens is 248 g/mol. The van der Waals surface area contributed by atoms with E-state index in [0.29, 0.717) is 11.7 Å². The topological polar surface area (TPSA) is 83.4 Å². The molecular formula is C10H17F2N3O3. The fraction of sp³-hybridized carbons (Fsp3) is 0.800. The average molecular weight is 265 g/mol. The van der Waals surface area contributed by atoms with Gasteiger partial charge in [-0.05, 0) is 6.92 Å². The Kier molecular flexibility index (Phi) is 5.57. The molecule has 0 aromatic carbocycles. The predicted octanol–water partition coefficient (Wildman–Crippen LogP) is 0.714. The monoisotopic (exact) mass is 265 g/mol. The van der Waals surface area contributed by atoms with Gasteiger partial charge in [-0.25, -0.2) is 8.78 Å². The summed E-state index contributed by atoms with van der Waals surface area (Å²) in [5.41, 5.74) is 5.07. The van der Waals surface area contributed by atoms with Crippen LogP contribution < -0.4 is 5.73 Å². The molecule has 0 radical (unpaired) electrons. The number of hydrogen-bond acceptors (Lipinski definition) is 6. The van der Waals surface area contributed by atoms with Crippen molar-refractivity contribution < 1.29 is 22.8 Å². The molecule has 1 unspecified atom stereocenters. The number of alkyl halides is 2. The van der Waals surface area contributed by atoms with E-state index in [2.05, 4.69) is 10.1 Å². The summed E-state index contributed by atoms with van der Waals surface area (Å²) in [6, 6.07) is 0. The SMILES string of the molecule is COCC(C)(N)c1noc(CCOCC(F)F)n1. The van der Waals surface area contributed by atoms with E-state index in [1.807, 2.05) is 0 Å². The maximum Gasteiger partial charge on any atom is 0.261 e. The normalized spacial score (nSPS) is 15.0. The van der Waals surface area contributed by atoms with Crippen molar-refractivity contribution in [2.24, 2.45) is 5.73 Å². The van der Waals surface area contributed by atoms with Crippen molar-refractivity contribution in [3.05, 3.63) is 11.7 Å². The summed E-state index contributed by atoms with van der Waals surface area (Å²) in [7, 11) is 1.52. The van der Waals surface area contributed by atoms with E-state index < -0.39 is 18.6 Å². The second-order valence-corrected chi connectivity index (χ2v) is 4.08. The Labute approximate surface area is 103 Å². The van der Waals surface area contributed by atoms with E-state index in [9.17, 15) is 8.78 Å². The first-order valence-electron chi connectivity index (χ1n) is 5.42. The lowest BCUT2D eigenvalue weighted by molar-refractivity contribution is 0.0171. The summed E-state index contributed by atoms with van der Waals surface area (Å²) in [5, 5.41) is 3.73. The maximum atomic E-state index is 11.8. The summed E-state index contributed by atoms with van der Waals surface area (Å²) in [5.74, 6) is 0.611. The van der Waals surface area contributed by atoms with Crippen LogP contribution in [0.1, 0.15) is 18.6 Å². The number of nitrogens with two attached hydrogens (primary N) is 1. The van der Waals surface area contributed by atoms with E-state index in [4.69, 9.17) is 19.7 Å². The van der Waals surface area contributed by atoms with Crippen molar-refractivity contribution in [3.63, 3.8) is 0 Å². The zero-order valence-corrected chi connectivity index (χ0v) is 10.4. The molecule has 0 aliphatic rings. The number of nitrogens with zero attached hydrogens (tertiary/aromatic N) is 2. The van der Waals surface area contributed by atoms with Gasteiger partial charge < -0.3 is 19.7 Å². The summed E-state index contributed by atoms with van der Waals surface area (Å²) in [6.07, 6.45) is -2.21. The highest BCUT2D eigenvalue weighted by Gasteiger charge is 2.27. The van der Waals surface area contributed by atoms with Crippen molar-refractivity contribution in [1.29, 1.82) is 0 Å².